The molecule has 1 atom stereocenters. The lowest BCUT2D eigenvalue weighted by atomic mass is 9.92. The Kier molecular flexibility index (Phi) is 4.57. The highest BCUT2D eigenvalue weighted by atomic mass is 16.3. The van der Waals surface area contributed by atoms with Gasteiger partial charge in [0.25, 0.3) is 0 Å². The standard InChI is InChI=1S/C20H20N2O/c21-14-17-9-7-16(8-10-17)4-3-13-22-20(15-23)12-11-18-5-1-2-6-19(18)20/h1-10,22-23H,11-13,15H2/b4-3+. The summed E-state index contributed by atoms with van der Waals surface area (Å²) in [6.45, 7) is 0.795. The number of aryl methyl sites for hydroxylation is 1. The predicted molar refractivity (Wildman–Crippen MR) is 91.7 cm³/mol. The lowest BCUT2D eigenvalue weighted by Gasteiger charge is -2.29. The van der Waals surface area contributed by atoms with Crippen molar-refractivity contribution < 1.29 is 5.11 Å². The second-order valence-electron chi connectivity index (χ2n) is 5.91. The highest BCUT2D eigenvalue weighted by Gasteiger charge is 2.37. The molecule has 3 heteroatoms. The van der Waals surface area contributed by atoms with Gasteiger partial charge in [0.1, 0.15) is 0 Å². The summed E-state index contributed by atoms with van der Waals surface area (Å²) in [6, 6.07) is 17.9. The molecule has 0 fully saturated rings. The fourth-order valence-electron chi connectivity index (χ4n) is 3.21. The minimum Gasteiger partial charge on any atom is -0.394 e. The Bertz CT molecular complexity index is 743. The molecule has 0 heterocycles. The Hall–Kier alpha value is -2.41. The summed E-state index contributed by atoms with van der Waals surface area (Å²) >= 11 is 0. The number of hydrogen-bond donors (Lipinski definition) is 2. The molecule has 0 aliphatic heterocycles. The van der Waals surface area contributed by atoms with Crippen LogP contribution in [0, 0.1) is 11.3 Å². The number of aliphatic hydroxyl groups excluding tert-OH is 1. The topological polar surface area (TPSA) is 56.0 Å². The van der Waals surface area contributed by atoms with E-state index in [2.05, 4.69) is 35.7 Å². The van der Waals surface area contributed by atoms with Crippen molar-refractivity contribution in [2.45, 2.75) is 18.4 Å². The van der Waals surface area contributed by atoms with E-state index in [1.54, 1.807) is 0 Å². The van der Waals surface area contributed by atoms with Gasteiger partial charge in [-0.15, -0.1) is 0 Å². The molecule has 23 heavy (non-hydrogen) atoms. The Balaban J connectivity index is 1.65. The first-order valence-electron chi connectivity index (χ1n) is 7.88. The minimum absolute atomic E-state index is 0.106. The van der Waals surface area contributed by atoms with Crippen LogP contribution in [-0.2, 0) is 12.0 Å². The molecular formula is C20H20N2O. The second-order valence-corrected chi connectivity index (χ2v) is 5.91. The van der Waals surface area contributed by atoms with Crippen LogP contribution in [0.3, 0.4) is 0 Å². The molecule has 0 spiro atoms. The SMILES string of the molecule is N#Cc1ccc(/C=C/CNC2(CO)CCc3ccccc32)cc1. The number of benzene rings is 2. The zero-order valence-electron chi connectivity index (χ0n) is 13.0. The van der Waals surface area contributed by atoms with Gasteiger partial charge in [0.05, 0.1) is 23.8 Å². The third-order valence-corrected chi connectivity index (χ3v) is 4.53. The first-order valence-corrected chi connectivity index (χ1v) is 7.88. The van der Waals surface area contributed by atoms with Crippen molar-refractivity contribution in [3.05, 3.63) is 76.9 Å². The summed E-state index contributed by atoms with van der Waals surface area (Å²) in [4.78, 5) is 0. The van der Waals surface area contributed by atoms with Crippen molar-refractivity contribution in [1.29, 1.82) is 5.26 Å². The summed E-state index contributed by atoms with van der Waals surface area (Å²) in [5.74, 6) is 0. The van der Waals surface area contributed by atoms with Crippen LogP contribution in [0.5, 0.6) is 0 Å². The molecule has 3 rings (SSSR count). The van der Waals surface area contributed by atoms with Crippen LogP contribution in [-0.4, -0.2) is 18.3 Å². The zero-order valence-corrected chi connectivity index (χ0v) is 13.0. The van der Waals surface area contributed by atoms with Crippen LogP contribution < -0.4 is 5.32 Å². The van der Waals surface area contributed by atoms with E-state index in [-0.39, 0.29) is 12.1 Å². The number of nitriles is 1. The molecule has 0 saturated heterocycles. The highest BCUT2D eigenvalue weighted by Crippen LogP contribution is 2.36. The largest absolute Gasteiger partial charge is 0.394 e. The van der Waals surface area contributed by atoms with Crippen molar-refractivity contribution >= 4 is 6.08 Å². The first kappa shape index (κ1) is 15.5. The third kappa shape index (κ3) is 3.19. The van der Waals surface area contributed by atoms with Gasteiger partial charge < -0.3 is 10.4 Å². The molecule has 0 saturated carbocycles. The van der Waals surface area contributed by atoms with E-state index < -0.39 is 0 Å². The normalized spacial score (nSPS) is 19.7. The molecule has 0 aromatic heterocycles. The van der Waals surface area contributed by atoms with E-state index in [1.807, 2.05) is 36.4 Å². The summed E-state index contributed by atoms with van der Waals surface area (Å²) in [6.07, 6.45) is 6.01. The van der Waals surface area contributed by atoms with Gasteiger partial charge in [-0.2, -0.15) is 5.26 Å². The van der Waals surface area contributed by atoms with Gasteiger partial charge in [0, 0.05) is 6.54 Å². The molecular weight excluding hydrogens is 284 g/mol. The molecule has 2 aromatic rings. The van der Waals surface area contributed by atoms with Crippen molar-refractivity contribution in [1.82, 2.24) is 5.32 Å². The number of fused-ring (bicyclic) bond motifs is 1. The highest BCUT2D eigenvalue weighted by molar-refractivity contribution is 5.51. The molecule has 2 N–H and O–H groups in total. The van der Waals surface area contributed by atoms with Crippen LogP contribution in [0.15, 0.2) is 54.6 Å². The van der Waals surface area contributed by atoms with E-state index in [0.717, 1.165) is 18.4 Å². The van der Waals surface area contributed by atoms with E-state index in [4.69, 9.17) is 5.26 Å². The maximum atomic E-state index is 9.92. The van der Waals surface area contributed by atoms with E-state index in [9.17, 15) is 5.11 Å². The van der Waals surface area contributed by atoms with E-state index in [1.165, 1.54) is 11.1 Å². The Morgan fingerprint density at radius 1 is 1.17 bits per heavy atom. The molecule has 1 unspecified atom stereocenters. The number of nitrogens with zero attached hydrogens (tertiary/aromatic N) is 1. The van der Waals surface area contributed by atoms with Crippen molar-refractivity contribution in [2.75, 3.05) is 13.2 Å². The van der Waals surface area contributed by atoms with Gasteiger partial charge >= 0.3 is 0 Å². The molecule has 116 valence electrons. The van der Waals surface area contributed by atoms with Crippen molar-refractivity contribution in [2.24, 2.45) is 0 Å². The van der Waals surface area contributed by atoms with Gasteiger partial charge in [0.15, 0.2) is 0 Å². The van der Waals surface area contributed by atoms with Gasteiger partial charge in [-0.3, -0.25) is 0 Å². The van der Waals surface area contributed by atoms with E-state index in [0.29, 0.717) is 12.1 Å². The maximum Gasteiger partial charge on any atom is 0.0991 e. The summed E-state index contributed by atoms with van der Waals surface area (Å²) in [5, 5.41) is 22.2. The van der Waals surface area contributed by atoms with Gasteiger partial charge in [-0.05, 0) is 41.7 Å². The summed E-state index contributed by atoms with van der Waals surface area (Å²) < 4.78 is 0. The van der Waals surface area contributed by atoms with E-state index >= 15 is 0 Å². The van der Waals surface area contributed by atoms with Crippen LogP contribution in [0.1, 0.15) is 28.7 Å². The third-order valence-electron chi connectivity index (χ3n) is 4.53. The fourth-order valence-corrected chi connectivity index (χ4v) is 3.21. The lowest BCUT2D eigenvalue weighted by molar-refractivity contribution is 0.164. The second kappa shape index (κ2) is 6.78. The number of rotatable bonds is 5. The molecule has 2 aromatic carbocycles. The van der Waals surface area contributed by atoms with Crippen LogP contribution in [0.2, 0.25) is 0 Å². The van der Waals surface area contributed by atoms with Crippen molar-refractivity contribution in [3.63, 3.8) is 0 Å². The summed E-state index contributed by atoms with van der Waals surface area (Å²) in [5.41, 5.74) is 3.95. The smallest absolute Gasteiger partial charge is 0.0991 e. The molecule has 0 radical (unpaired) electrons. The predicted octanol–water partition coefficient (Wildman–Crippen LogP) is 3.00. The molecule has 0 amide bonds. The minimum atomic E-state index is -0.328. The van der Waals surface area contributed by atoms with Gasteiger partial charge in [0.2, 0.25) is 0 Å². The van der Waals surface area contributed by atoms with Crippen molar-refractivity contribution in [3.8, 4) is 6.07 Å². The summed E-state index contributed by atoms with van der Waals surface area (Å²) in [7, 11) is 0. The average Bonchev–Trinajstić information content (AvgIpc) is 2.99. The van der Waals surface area contributed by atoms with Gasteiger partial charge in [-0.25, -0.2) is 0 Å². The zero-order chi connectivity index (χ0) is 16.1. The van der Waals surface area contributed by atoms with Crippen LogP contribution >= 0.6 is 0 Å². The van der Waals surface area contributed by atoms with Crippen LogP contribution in [0.25, 0.3) is 6.08 Å². The number of hydrogen-bond acceptors (Lipinski definition) is 3. The Labute approximate surface area is 136 Å². The quantitative estimate of drug-likeness (QED) is 0.893. The fraction of sp³-hybridized carbons (Fsp3) is 0.250. The van der Waals surface area contributed by atoms with Crippen LogP contribution in [0.4, 0.5) is 0 Å². The molecule has 0 bridgehead atoms. The Morgan fingerprint density at radius 2 is 1.96 bits per heavy atom. The maximum absolute atomic E-state index is 9.92. The first-order chi connectivity index (χ1) is 11.3. The van der Waals surface area contributed by atoms with Gasteiger partial charge in [-0.1, -0.05) is 48.6 Å². The lowest BCUT2D eigenvalue weighted by Crippen LogP contribution is -2.43. The monoisotopic (exact) mass is 304 g/mol. The Morgan fingerprint density at radius 3 is 2.70 bits per heavy atom. The number of nitrogens with one attached hydrogen (secondary N) is 1. The molecule has 1 aliphatic carbocycles. The average molecular weight is 304 g/mol. The number of aliphatic hydroxyl groups is 1. The molecule has 1 aliphatic rings. The molecule has 3 nitrogen and oxygen atoms in total.